The number of ether oxygens (including phenoxy) is 1. The summed E-state index contributed by atoms with van der Waals surface area (Å²) >= 11 is 6.06. The highest BCUT2D eigenvalue weighted by Crippen LogP contribution is 2.32. The number of thiocarbonyl (C=S) groups is 1. The van der Waals surface area contributed by atoms with Crippen LogP contribution in [0.1, 0.15) is 16.1 Å². The first-order valence-corrected chi connectivity index (χ1v) is 8.58. The Morgan fingerprint density at radius 1 is 1.33 bits per heavy atom. The predicted molar refractivity (Wildman–Crippen MR) is 101 cm³/mol. The molecule has 1 aromatic carbocycles. The molecule has 0 radical (unpaired) electrons. The largest absolute Gasteiger partial charge is 0.497 e. The summed E-state index contributed by atoms with van der Waals surface area (Å²) in [5, 5.41) is 11.6. The van der Waals surface area contributed by atoms with Crippen molar-refractivity contribution in [3.8, 4) is 5.75 Å². The summed E-state index contributed by atoms with van der Waals surface area (Å²) < 4.78 is 10.1. The SMILES string of the molecule is COc1ccc(C(=O)NN2C(=O)/C(=C\c3ccc([N+](=O)[O-])o3)SC2=S)cc1. The number of amides is 2. The molecule has 2 aromatic rings. The van der Waals surface area contributed by atoms with Crippen LogP contribution in [0.5, 0.6) is 5.75 Å². The Bertz CT molecular complexity index is 967. The summed E-state index contributed by atoms with van der Waals surface area (Å²) in [4.78, 5) is 34.9. The Labute approximate surface area is 162 Å². The molecule has 9 nitrogen and oxygen atoms in total. The van der Waals surface area contributed by atoms with E-state index in [1.54, 1.807) is 24.3 Å². The molecule has 11 heteroatoms. The molecule has 1 N–H and O–H groups in total. The first kappa shape index (κ1) is 18.6. The molecule has 0 atom stereocenters. The number of nitro groups is 1. The fraction of sp³-hybridized carbons (Fsp3) is 0.0625. The minimum absolute atomic E-state index is 0.120. The van der Waals surface area contributed by atoms with E-state index in [0.29, 0.717) is 11.3 Å². The van der Waals surface area contributed by atoms with E-state index in [0.717, 1.165) is 16.8 Å². The molecular weight excluding hydrogens is 394 g/mol. The lowest BCUT2D eigenvalue weighted by molar-refractivity contribution is -0.402. The summed E-state index contributed by atoms with van der Waals surface area (Å²) in [5.41, 5.74) is 2.75. The molecule has 0 unspecified atom stereocenters. The van der Waals surface area contributed by atoms with Gasteiger partial charge in [-0.15, -0.1) is 0 Å². The number of furan rings is 1. The van der Waals surface area contributed by atoms with E-state index >= 15 is 0 Å². The summed E-state index contributed by atoms with van der Waals surface area (Å²) in [6.45, 7) is 0. The number of nitrogens with zero attached hydrogens (tertiary/aromatic N) is 2. The highest BCUT2D eigenvalue weighted by atomic mass is 32.2. The molecule has 1 aliphatic heterocycles. The van der Waals surface area contributed by atoms with Gasteiger partial charge in [0, 0.05) is 11.6 Å². The first-order valence-electron chi connectivity index (χ1n) is 7.36. The fourth-order valence-electron chi connectivity index (χ4n) is 2.12. The van der Waals surface area contributed by atoms with E-state index in [2.05, 4.69) is 5.43 Å². The van der Waals surface area contributed by atoms with Crippen molar-refractivity contribution in [2.45, 2.75) is 0 Å². The zero-order chi connectivity index (χ0) is 19.6. The molecule has 138 valence electrons. The van der Waals surface area contributed by atoms with Crippen LogP contribution in [0.15, 0.2) is 45.7 Å². The third-order valence-electron chi connectivity index (χ3n) is 3.43. The Morgan fingerprint density at radius 3 is 2.63 bits per heavy atom. The summed E-state index contributed by atoms with van der Waals surface area (Å²) in [6, 6.07) is 8.86. The molecule has 1 aromatic heterocycles. The monoisotopic (exact) mass is 405 g/mol. The van der Waals surface area contributed by atoms with Crippen molar-refractivity contribution >= 4 is 52.1 Å². The Morgan fingerprint density at radius 2 is 2.04 bits per heavy atom. The molecule has 2 heterocycles. The molecule has 3 rings (SSSR count). The minimum Gasteiger partial charge on any atom is -0.497 e. The second-order valence-electron chi connectivity index (χ2n) is 5.12. The number of rotatable bonds is 5. The maximum absolute atomic E-state index is 12.5. The topological polar surface area (TPSA) is 115 Å². The molecular formula is C16H11N3O6S2. The van der Waals surface area contributed by atoms with E-state index in [9.17, 15) is 19.7 Å². The van der Waals surface area contributed by atoms with Crippen LogP contribution < -0.4 is 10.2 Å². The molecule has 1 saturated heterocycles. The van der Waals surface area contributed by atoms with Gasteiger partial charge in [-0.05, 0) is 42.5 Å². The number of carbonyl (C=O) groups is 2. The Hall–Kier alpha value is -3.18. The van der Waals surface area contributed by atoms with Crippen molar-refractivity contribution < 1.29 is 23.7 Å². The zero-order valence-corrected chi connectivity index (χ0v) is 15.3. The van der Waals surface area contributed by atoms with Crippen molar-refractivity contribution in [1.29, 1.82) is 0 Å². The second-order valence-corrected chi connectivity index (χ2v) is 6.80. The summed E-state index contributed by atoms with van der Waals surface area (Å²) in [7, 11) is 1.51. The van der Waals surface area contributed by atoms with Gasteiger partial charge in [0.15, 0.2) is 4.32 Å². The lowest BCUT2D eigenvalue weighted by Gasteiger charge is -2.15. The van der Waals surface area contributed by atoms with Gasteiger partial charge in [0.2, 0.25) is 0 Å². The van der Waals surface area contributed by atoms with E-state index in [1.807, 2.05) is 0 Å². The Balaban J connectivity index is 1.74. The number of hydrogen-bond acceptors (Lipinski definition) is 8. The van der Waals surface area contributed by atoms with Gasteiger partial charge in [0.1, 0.15) is 16.4 Å². The van der Waals surface area contributed by atoms with E-state index < -0.39 is 22.6 Å². The number of carbonyl (C=O) groups excluding carboxylic acids is 2. The van der Waals surface area contributed by atoms with Gasteiger partial charge in [-0.25, -0.2) is 0 Å². The number of hydrazine groups is 1. The van der Waals surface area contributed by atoms with Crippen LogP contribution in [0.2, 0.25) is 0 Å². The fourth-order valence-corrected chi connectivity index (χ4v) is 3.28. The molecule has 0 saturated carbocycles. The van der Waals surface area contributed by atoms with Crippen LogP contribution in [0.25, 0.3) is 6.08 Å². The van der Waals surface area contributed by atoms with Crippen molar-refractivity contribution in [3.05, 3.63) is 62.7 Å². The van der Waals surface area contributed by atoms with Crippen molar-refractivity contribution in [1.82, 2.24) is 10.4 Å². The number of hydrogen-bond donors (Lipinski definition) is 1. The van der Waals surface area contributed by atoms with Gasteiger partial charge in [-0.1, -0.05) is 11.8 Å². The molecule has 2 amide bonds. The summed E-state index contributed by atoms with van der Waals surface area (Å²) in [5.74, 6) is -0.810. The zero-order valence-electron chi connectivity index (χ0n) is 13.7. The average molecular weight is 405 g/mol. The highest BCUT2D eigenvalue weighted by Gasteiger charge is 2.34. The Kier molecular flexibility index (Phi) is 5.23. The van der Waals surface area contributed by atoms with Gasteiger partial charge in [-0.3, -0.25) is 25.1 Å². The van der Waals surface area contributed by atoms with Crippen LogP contribution in [-0.2, 0) is 4.79 Å². The van der Waals surface area contributed by atoms with Crippen LogP contribution >= 0.6 is 24.0 Å². The molecule has 27 heavy (non-hydrogen) atoms. The van der Waals surface area contributed by atoms with Gasteiger partial charge in [-0.2, -0.15) is 5.01 Å². The number of thioether (sulfide) groups is 1. The lowest BCUT2D eigenvalue weighted by Crippen LogP contribution is -2.44. The maximum Gasteiger partial charge on any atom is 0.433 e. The van der Waals surface area contributed by atoms with E-state index in [4.69, 9.17) is 21.4 Å². The predicted octanol–water partition coefficient (Wildman–Crippen LogP) is 2.74. The number of benzene rings is 1. The van der Waals surface area contributed by atoms with Gasteiger partial charge in [0.25, 0.3) is 11.8 Å². The van der Waals surface area contributed by atoms with E-state index in [1.165, 1.54) is 25.3 Å². The molecule has 0 spiro atoms. The second kappa shape index (κ2) is 7.60. The third kappa shape index (κ3) is 3.99. The van der Waals surface area contributed by atoms with Gasteiger partial charge in [0.05, 0.1) is 18.1 Å². The number of methoxy groups -OCH3 is 1. The lowest BCUT2D eigenvalue weighted by atomic mass is 10.2. The molecule has 0 bridgehead atoms. The maximum atomic E-state index is 12.5. The number of nitrogens with one attached hydrogen (secondary N) is 1. The van der Waals surface area contributed by atoms with Gasteiger partial charge >= 0.3 is 5.88 Å². The highest BCUT2D eigenvalue weighted by molar-refractivity contribution is 8.26. The van der Waals surface area contributed by atoms with Crippen LogP contribution in [-0.4, -0.2) is 33.2 Å². The van der Waals surface area contributed by atoms with Crippen molar-refractivity contribution in [2.75, 3.05) is 7.11 Å². The third-order valence-corrected chi connectivity index (χ3v) is 4.73. The smallest absolute Gasteiger partial charge is 0.433 e. The average Bonchev–Trinajstić information content (AvgIpc) is 3.22. The standard InChI is InChI=1S/C16H11N3O6S2/c1-24-10-4-2-9(3-5-10)14(20)17-18-15(21)12(27-16(18)26)8-11-6-7-13(25-11)19(22)23/h2-8H,1H3,(H,17,20)/b12-8+. The van der Waals surface area contributed by atoms with Gasteiger partial charge < -0.3 is 9.15 Å². The normalized spacial score (nSPS) is 15.3. The minimum atomic E-state index is -0.683. The van der Waals surface area contributed by atoms with Crippen LogP contribution in [0, 0.1) is 10.1 Å². The molecule has 0 aliphatic carbocycles. The molecule has 1 aliphatic rings. The first-order chi connectivity index (χ1) is 12.9. The van der Waals surface area contributed by atoms with Crippen molar-refractivity contribution in [2.24, 2.45) is 0 Å². The quantitative estimate of drug-likeness (QED) is 0.349. The van der Waals surface area contributed by atoms with Crippen molar-refractivity contribution in [3.63, 3.8) is 0 Å². The molecule has 1 fully saturated rings. The van der Waals surface area contributed by atoms with E-state index in [-0.39, 0.29) is 15.0 Å². The van der Waals surface area contributed by atoms with Crippen LogP contribution in [0.3, 0.4) is 0 Å². The van der Waals surface area contributed by atoms with Crippen LogP contribution in [0.4, 0.5) is 5.88 Å². The summed E-state index contributed by atoms with van der Waals surface area (Å²) in [6.07, 6.45) is 1.33.